The van der Waals surface area contributed by atoms with Gasteiger partial charge in [0.25, 0.3) is 0 Å². The van der Waals surface area contributed by atoms with Crippen molar-refractivity contribution >= 4 is 29.3 Å². The Balaban J connectivity index is 2.60. The smallest absolute Gasteiger partial charge is 0.326 e. The number of methoxy groups -OCH3 is 1. The highest BCUT2D eigenvalue weighted by Crippen LogP contribution is 2.19. The summed E-state index contributed by atoms with van der Waals surface area (Å²) in [5.41, 5.74) is 0.254. The molecule has 0 heterocycles. The fourth-order valence-corrected chi connectivity index (χ4v) is 1.57. The molecule has 0 aliphatic carbocycles. The van der Waals surface area contributed by atoms with E-state index >= 15 is 0 Å². The van der Waals surface area contributed by atoms with Crippen LogP contribution in [0.3, 0.4) is 0 Å². The number of hydrogen-bond donors (Lipinski definition) is 3. The Morgan fingerprint density at radius 2 is 2.20 bits per heavy atom. The van der Waals surface area contributed by atoms with E-state index in [0.717, 1.165) is 6.07 Å². The molecule has 1 aromatic carbocycles. The number of nitrogens with one attached hydrogen (secondary N) is 2. The number of benzene rings is 1. The highest BCUT2D eigenvalue weighted by Gasteiger charge is 2.19. The molecule has 1 rings (SSSR count). The van der Waals surface area contributed by atoms with Gasteiger partial charge in [0.15, 0.2) is 0 Å². The second-order valence-corrected chi connectivity index (χ2v) is 4.31. The van der Waals surface area contributed by atoms with Crippen LogP contribution in [0.5, 0.6) is 0 Å². The molecule has 0 radical (unpaired) electrons. The van der Waals surface area contributed by atoms with E-state index in [9.17, 15) is 14.0 Å². The first-order valence-corrected chi connectivity index (χ1v) is 6.06. The predicted molar refractivity (Wildman–Crippen MR) is 71.5 cm³/mol. The molecule has 110 valence electrons. The lowest BCUT2D eigenvalue weighted by molar-refractivity contribution is -0.139. The molecule has 8 heteroatoms. The zero-order valence-electron chi connectivity index (χ0n) is 10.7. The van der Waals surface area contributed by atoms with Crippen LogP contribution in [0.15, 0.2) is 18.2 Å². The maximum atomic E-state index is 12.9. The number of anilines is 1. The number of carbonyl (C=O) groups is 2. The minimum atomic E-state index is -1.17. The highest BCUT2D eigenvalue weighted by atomic mass is 35.5. The van der Waals surface area contributed by atoms with Crippen LogP contribution in [0, 0.1) is 5.82 Å². The molecule has 6 nitrogen and oxygen atoms in total. The third kappa shape index (κ3) is 5.02. The molecule has 0 bridgehead atoms. The van der Waals surface area contributed by atoms with Crippen molar-refractivity contribution < 1.29 is 23.8 Å². The van der Waals surface area contributed by atoms with Crippen LogP contribution < -0.4 is 10.6 Å². The third-order valence-corrected chi connectivity index (χ3v) is 2.68. The molecule has 2 amide bonds. The Morgan fingerprint density at radius 3 is 2.75 bits per heavy atom. The molecule has 3 N–H and O–H groups in total. The third-order valence-electron chi connectivity index (χ3n) is 2.39. The number of amides is 2. The second-order valence-electron chi connectivity index (χ2n) is 3.90. The number of rotatable bonds is 6. The van der Waals surface area contributed by atoms with Crippen molar-refractivity contribution in [2.45, 2.75) is 12.5 Å². The average Bonchev–Trinajstić information content (AvgIpc) is 2.38. The molecular weight excluding hydrogens is 291 g/mol. The summed E-state index contributed by atoms with van der Waals surface area (Å²) in [4.78, 5) is 22.5. The van der Waals surface area contributed by atoms with Gasteiger partial charge < -0.3 is 20.5 Å². The Labute approximate surface area is 119 Å². The van der Waals surface area contributed by atoms with E-state index in [4.69, 9.17) is 21.4 Å². The largest absolute Gasteiger partial charge is 0.480 e. The van der Waals surface area contributed by atoms with Crippen LogP contribution in [0.2, 0.25) is 5.02 Å². The van der Waals surface area contributed by atoms with Crippen LogP contribution in [0.4, 0.5) is 14.9 Å². The van der Waals surface area contributed by atoms with E-state index in [1.54, 1.807) is 0 Å². The van der Waals surface area contributed by atoms with Gasteiger partial charge in [0.1, 0.15) is 11.9 Å². The molecule has 0 fully saturated rings. The number of urea groups is 1. The van der Waals surface area contributed by atoms with Gasteiger partial charge in [0.05, 0.1) is 5.02 Å². The van der Waals surface area contributed by atoms with Crippen molar-refractivity contribution in [3.05, 3.63) is 29.0 Å². The Hall–Kier alpha value is -1.86. The molecule has 1 aromatic rings. The van der Waals surface area contributed by atoms with E-state index < -0.39 is 23.9 Å². The number of carboxylic acid groups (broad SMARTS) is 1. The van der Waals surface area contributed by atoms with Gasteiger partial charge in [-0.1, -0.05) is 11.6 Å². The molecule has 0 aromatic heterocycles. The molecule has 0 saturated carbocycles. The maximum Gasteiger partial charge on any atom is 0.326 e. The van der Waals surface area contributed by atoms with Crippen LogP contribution in [0.25, 0.3) is 0 Å². The molecule has 0 aliphatic rings. The summed E-state index contributed by atoms with van der Waals surface area (Å²) < 4.78 is 17.7. The minimum Gasteiger partial charge on any atom is -0.480 e. The number of carbonyl (C=O) groups excluding carboxylic acids is 1. The van der Waals surface area contributed by atoms with E-state index in [0.29, 0.717) is 0 Å². The lowest BCUT2D eigenvalue weighted by Crippen LogP contribution is -2.43. The van der Waals surface area contributed by atoms with E-state index in [1.807, 2.05) is 0 Å². The van der Waals surface area contributed by atoms with Crippen LogP contribution in [-0.4, -0.2) is 36.9 Å². The minimum absolute atomic E-state index is 0.128. The quantitative estimate of drug-likeness (QED) is 0.751. The van der Waals surface area contributed by atoms with Crippen molar-refractivity contribution in [3.8, 4) is 0 Å². The fraction of sp³-hybridized carbons (Fsp3) is 0.333. The van der Waals surface area contributed by atoms with E-state index in [-0.39, 0.29) is 23.7 Å². The van der Waals surface area contributed by atoms with Gasteiger partial charge in [-0.3, -0.25) is 0 Å². The van der Waals surface area contributed by atoms with Gasteiger partial charge in [-0.25, -0.2) is 14.0 Å². The normalized spacial score (nSPS) is 11.8. The van der Waals surface area contributed by atoms with Crippen LogP contribution in [-0.2, 0) is 9.53 Å². The standard InChI is InChI=1S/C12H14ClFN2O4/c1-20-5-4-10(11(17)18)16-12(19)15-7-2-3-9(14)8(13)6-7/h2-3,6,10H,4-5H2,1H3,(H,17,18)(H2,15,16,19). The summed E-state index contributed by atoms with van der Waals surface area (Å²) in [6.07, 6.45) is 0.128. The van der Waals surface area contributed by atoms with Crippen molar-refractivity contribution in [2.75, 3.05) is 19.0 Å². The maximum absolute atomic E-state index is 12.9. The van der Waals surface area contributed by atoms with Gasteiger partial charge in [0.2, 0.25) is 0 Å². The van der Waals surface area contributed by atoms with Crippen LogP contribution in [0.1, 0.15) is 6.42 Å². The number of halogens is 2. The van der Waals surface area contributed by atoms with Crippen molar-refractivity contribution in [3.63, 3.8) is 0 Å². The SMILES string of the molecule is COCCC(NC(=O)Nc1ccc(F)c(Cl)c1)C(=O)O. The van der Waals surface area contributed by atoms with Crippen molar-refractivity contribution in [1.82, 2.24) is 5.32 Å². The first-order valence-electron chi connectivity index (χ1n) is 5.68. The molecule has 1 atom stereocenters. The number of hydrogen-bond acceptors (Lipinski definition) is 3. The van der Waals surface area contributed by atoms with E-state index in [1.165, 1.54) is 19.2 Å². The second kappa shape index (κ2) is 7.66. The summed E-state index contributed by atoms with van der Waals surface area (Å²) in [6.45, 7) is 0.194. The predicted octanol–water partition coefficient (Wildman–Crippen LogP) is 2.09. The summed E-state index contributed by atoms with van der Waals surface area (Å²) in [5, 5.41) is 13.4. The molecule has 0 spiro atoms. The van der Waals surface area contributed by atoms with E-state index in [2.05, 4.69) is 10.6 Å². The molecule has 0 aliphatic heterocycles. The monoisotopic (exact) mass is 304 g/mol. The zero-order valence-corrected chi connectivity index (χ0v) is 11.4. The zero-order chi connectivity index (χ0) is 15.1. The van der Waals surface area contributed by atoms with Gasteiger partial charge in [-0.2, -0.15) is 0 Å². The Bertz CT molecular complexity index is 498. The Morgan fingerprint density at radius 1 is 1.50 bits per heavy atom. The summed E-state index contributed by atoms with van der Waals surface area (Å²) in [7, 11) is 1.43. The fourth-order valence-electron chi connectivity index (χ4n) is 1.39. The molecule has 1 unspecified atom stereocenters. The summed E-state index contributed by atoms with van der Waals surface area (Å²) >= 11 is 5.56. The molecule has 0 saturated heterocycles. The highest BCUT2D eigenvalue weighted by molar-refractivity contribution is 6.31. The Kier molecular flexibility index (Phi) is 6.20. The topological polar surface area (TPSA) is 87.7 Å². The number of carboxylic acids is 1. The van der Waals surface area contributed by atoms with Crippen LogP contribution >= 0.6 is 11.6 Å². The first-order chi connectivity index (χ1) is 9.43. The lowest BCUT2D eigenvalue weighted by Gasteiger charge is -2.14. The van der Waals surface area contributed by atoms with Crippen molar-refractivity contribution in [2.24, 2.45) is 0 Å². The van der Waals surface area contributed by atoms with Gasteiger partial charge in [-0.15, -0.1) is 0 Å². The van der Waals surface area contributed by atoms with Crippen molar-refractivity contribution in [1.29, 1.82) is 0 Å². The molecule has 20 heavy (non-hydrogen) atoms. The number of ether oxygens (including phenoxy) is 1. The summed E-state index contributed by atoms with van der Waals surface area (Å²) in [6, 6.07) is 1.83. The summed E-state index contributed by atoms with van der Waals surface area (Å²) in [5.74, 6) is -1.78. The first kappa shape index (κ1) is 16.2. The van der Waals surface area contributed by atoms with Gasteiger partial charge in [0, 0.05) is 25.8 Å². The van der Waals surface area contributed by atoms with Gasteiger partial charge in [-0.05, 0) is 18.2 Å². The molecular formula is C12H14ClFN2O4. The number of aliphatic carboxylic acids is 1. The lowest BCUT2D eigenvalue weighted by atomic mass is 10.2. The average molecular weight is 305 g/mol. The van der Waals surface area contributed by atoms with Gasteiger partial charge >= 0.3 is 12.0 Å².